The number of halogens is 1. The number of fused-ring (bicyclic) bond motifs is 2. The van der Waals surface area contributed by atoms with Crippen molar-refractivity contribution in [1.29, 1.82) is 0 Å². The summed E-state index contributed by atoms with van der Waals surface area (Å²) in [6.45, 7) is 0. The molecule has 3 aromatic heterocycles. The summed E-state index contributed by atoms with van der Waals surface area (Å²) in [7, 11) is 3.73. The van der Waals surface area contributed by atoms with Gasteiger partial charge in [-0.15, -0.1) is 0 Å². The maximum atomic E-state index is 13.6. The van der Waals surface area contributed by atoms with Crippen molar-refractivity contribution in [2.45, 2.75) is 0 Å². The smallest absolute Gasteiger partial charge is 0.337 e. The number of hydrogen-bond donors (Lipinski definition) is 2. The fraction of sp³-hybridized carbons (Fsp3) is 0.0870. The van der Waals surface area contributed by atoms with E-state index < -0.39 is 5.97 Å². The van der Waals surface area contributed by atoms with Crippen LogP contribution in [0.25, 0.3) is 33.3 Å². The molecule has 0 spiro atoms. The van der Waals surface area contributed by atoms with E-state index in [0.29, 0.717) is 22.4 Å². The number of H-pyrrole nitrogens is 1. The average molecular weight is 415 g/mol. The molecule has 0 atom stereocenters. The van der Waals surface area contributed by atoms with E-state index in [0.717, 1.165) is 22.3 Å². The van der Waals surface area contributed by atoms with E-state index in [1.54, 1.807) is 16.8 Å². The zero-order valence-corrected chi connectivity index (χ0v) is 16.8. The first kappa shape index (κ1) is 18.8. The minimum absolute atomic E-state index is 0.162. The summed E-state index contributed by atoms with van der Waals surface area (Å²) in [5.74, 6) is -1.31. The number of aromatic carboxylic acids is 1. The van der Waals surface area contributed by atoms with E-state index in [1.165, 1.54) is 24.4 Å². The van der Waals surface area contributed by atoms with Crippen molar-refractivity contribution in [2.75, 3.05) is 11.9 Å². The first-order valence-electron chi connectivity index (χ1n) is 9.60. The molecule has 0 unspecified atom stereocenters. The Morgan fingerprint density at radius 2 is 1.94 bits per heavy atom. The van der Waals surface area contributed by atoms with Crippen LogP contribution >= 0.6 is 0 Å². The summed E-state index contributed by atoms with van der Waals surface area (Å²) in [6.07, 6.45) is 1.48. The number of nitrogens with one attached hydrogen (secondary N) is 1. The zero-order chi connectivity index (χ0) is 21.7. The monoisotopic (exact) mass is 415 g/mol. The lowest BCUT2D eigenvalue weighted by Crippen LogP contribution is -2.09. The molecule has 5 rings (SSSR count). The molecule has 0 aliphatic heterocycles. The number of rotatable bonds is 4. The molecule has 3 heterocycles. The van der Waals surface area contributed by atoms with E-state index in [2.05, 4.69) is 15.1 Å². The fourth-order valence-corrected chi connectivity index (χ4v) is 3.82. The fourth-order valence-electron chi connectivity index (χ4n) is 3.82. The number of benzene rings is 2. The highest BCUT2D eigenvalue weighted by atomic mass is 19.1. The van der Waals surface area contributed by atoms with Gasteiger partial charge in [-0.2, -0.15) is 5.10 Å². The van der Waals surface area contributed by atoms with Crippen molar-refractivity contribution < 1.29 is 14.3 Å². The molecule has 0 saturated heterocycles. The molecule has 0 bridgehead atoms. The van der Waals surface area contributed by atoms with Gasteiger partial charge in [0.15, 0.2) is 0 Å². The van der Waals surface area contributed by atoms with Crippen LogP contribution in [0.1, 0.15) is 10.4 Å². The Morgan fingerprint density at radius 1 is 1.13 bits per heavy atom. The Bertz CT molecular complexity index is 1470. The second-order valence-electron chi connectivity index (χ2n) is 7.32. The van der Waals surface area contributed by atoms with Gasteiger partial charge in [-0.25, -0.2) is 9.18 Å². The Balaban J connectivity index is 1.61. The second kappa shape index (κ2) is 6.94. The summed E-state index contributed by atoms with van der Waals surface area (Å²) in [4.78, 5) is 20.9. The molecule has 7 nitrogen and oxygen atoms in total. The molecule has 8 heteroatoms. The summed E-state index contributed by atoms with van der Waals surface area (Å²) in [5.41, 5.74) is 5.10. The van der Waals surface area contributed by atoms with Gasteiger partial charge >= 0.3 is 5.97 Å². The van der Waals surface area contributed by atoms with Crippen molar-refractivity contribution >= 4 is 39.3 Å². The van der Waals surface area contributed by atoms with Crippen LogP contribution in [-0.4, -0.2) is 37.9 Å². The molecule has 0 amide bonds. The molecule has 0 saturated carbocycles. The van der Waals surface area contributed by atoms with Gasteiger partial charge in [0.1, 0.15) is 11.5 Å². The third kappa shape index (κ3) is 3.09. The van der Waals surface area contributed by atoms with Crippen molar-refractivity contribution in [3.8, 4) is 11.4 Å². The largest absolute Gasteiger partial charge is 0.478 e. The highest BCUT2D eigenvalue weighted by Gasteiger charge is 2.18. The number of pyridine rings is 1. The summed E-state index contributed by atoms with van der Waals surface area (Å²) in [6, 6.07) is 15.6. The third-order valence-corrected chi connectivity index (χ3v) is 5.42. The van der Waals surface area contributed by atoms with E-state index in [9.17, 15) is 14.3 Å². The van der Waals surface area contributed by atoms with Crippen LogP contribution in [0.4, 0.5) is 15.8 Å². The standard InChI is InChI=1S/C23H18FN5O2/c1-28(14-5-3-4-13(24)10-14)15-6-7-16-20(11-15)29(2)27-22(16)19-12-18-21(26-19)17(23(30)31)8-9-25-18/h3-12,26H,1-2H3,(H,30,31). The number of aryl methyl sites for hydroxylation is 1. The van der Waals surface area contributed by atoms with Crippen LogP contribution in [-0.2, 0) is 7.05 Å². The molecular weight excluding hydrogens is 397 g/mol. The number of hydrogen-bond acceptors (Lipinski definition) is 4. The first-order chi connectivity index (χ1) is 14.9. The maximum absolute atomic E-state index is 13.6. The molecule has 5 aromatic rings. The first-order valence-corrected chi connectivity index (χ1v) is 9.60. The Morgan fingerprint density at radius 3 is 2.71 bits per heavy atom. The van der Waals surface area contributed by atoms with Gasteiger partial charge in [0, 0.05) is 37.1 Å². The maximum Gasteiger partial charge on any atom is 0.337 e. The molecule has 154 valence electrons. The van der Waals surface area contributed by atoms with Crippen LogP contribution in [0.15, 0.2) is 60.8 Å². The summed E-state index contributed by atoms with van der Waals surface area (Å²) in [5, 5.41) is 15.0. The number of anilines is 2. The number of carboxylic acid groups (broad SMARTS) is 1. The Labute approximate surface area is 176 Å². The molecule has 0 radical (unpaired) electrons. The van der Waals surface area contributed by atoms with Crippen LogP contribution in [0, 0.1) is 5.82 Å². The van der Waals surface area contributed by atoms with Gasteiger partial charge in [-0.05, 0) is 48.5 Å². The molecular formula is C23H18FN5O2. The van der Waals surface area contributed by atoms with E-state index in [-0.39, 0.29) is 11.4 Å². The molecule has 31 heavy (non-hydrogen) atoms. The van der Waals surface area contributed by atoms with Crippen LogP contribution < -0.4 is 4.90 Å². The van der Waals surface area contributed by atoms with Gasteiger partial charge in [-0.1, -0.05) is 6.07 Å². The number of carbonyl (C=O) groups is 1. The molecule has 2 aromatic carbocycles. The summed E-state index contributed by atoms with van der Waals surface area (Å²) >= 11 is 0. The molecule has 0 fully saturated rings. The lowest BCUT2D eigenvalue weighted by atomic mass is 10.1. The van der Waals surface area contributed by atoms with Crippen LogP contribution in [0.2, 0.25) is 0 Å². The summed E-state index contributed by atoms with van der Waals surface area (Å²) < 4.78 is 15.4. The van der Waals surface area contributed by atoms with Crippen LogP contribution in [0.3, 0.4) is 0 Å². The molecule has 2 N–H and O–H groups in total. The van der Waals surface area contributed by atoms with E-state index in [4.69, 9.17) is 0 Å². The van der Waals surface area contributed by atoms with Gasteiger partial charge in [0.2, 0.25) is 0 Å². The highest BCUT2D eigenvalue weighted by Crippen LogP contribution is 2.33. The van der Waals surface area contributed by atoms with Crippen molar-refractivity contribution in [3.63, 3.8) is 0 Å². The highest BCUT2D eigenvalue weighted by molar-refractivity contribution is 6.03. The minimum Gasteiger partial charge on any atom is -0.478 e. The average Bonchev–Trinajstić information content (AvgIpc) is 3.33. The Hall–Kier alpha value is -4.20. The topological polar surface area (TPSA) is 87.0 Å². The zero-order valence-electron chi connectivity index (χ0n) is 16.8. The van der Waals surface area contributed by atoms with Gasteiger partial charge in [-0.3, -0.25) is 9.67 Å². The van der Waals surface area contributed by atoms with E-state index >= 15 is 0 Å². The molecule has 0 aliphatic rings. The second-order valence-corrected chi connectivity index (χ2v) is 7.32. The number of nitrogens with zero attached hydrogens (tertiary/aromatic N) is 4. The van der Waals surface area contributed by atoms with Gasteiger partial charge in [0.25, 0.3) is 0 Å². The number of aromatic amines is 1. The van der Waals surface area contributed by atoms with Crippen molar-refractivity contribution in [1.82, 2.24) is 19.7 Å². The normalized spacial score (nSPS) is 11.3. The van der Waals surface area contributed by atoms with Gasteiger partial charge in [0.05, 0.1) is 27.8 Å². The van der Waals surface area contributed by atoms with E-state index in [1.807, 2.05) is 43.3 Å². The van der Waals surface area contributed by atoms with Crippen molar-refractivity contribution in [3.05, 3.63) is 72.2 Å². The predicted octanol–water partition coefficient (Wildman–Crippen LogP) is 4.72. The number of carboxylic acids is 1. The SMILES string of the molecule is CN(c1cccc(F)c1)c1ccc2c(-c3cc4nccc(C(=O)O)c4[nH]3)nn(C)c2c1. The van der Waals surface area contributed by atoms with Crippen molar-refractivity contribution in [2.24, 2.45) is 7.05 Å². The third-order valence-electron chi connectivity index (χ3n) is 5.42. The number of aromatic nitrogens is 4. The lowest BCUT2D eigenvalue weighted by Gasteiger charge is -2.19. The predicted molar refractivity (Wildman–Crippen MR) is 117 cm³/mol. The lowest BCUT2D eigenvalue weighted by molar-refractivity contribution is 0.0698. The minimum atomic E-state index is -1.02. The van der Waals surface area contributed by atoms with Crippen LogP contribution in [0.5, 0.6) is 0 Å². The quantitative estimate of drug-likeness (QED) is 0.443. The van der Waals surface area contributed by atoms with Gasteiger partial charge < -0.3 is 15.0 Å². The Kier molecular flexibility index (Phi) is 4.21. The molecule has 0 aliphatic carbocycles.